The molecule has 1 aliphatic heterocycles. The minimum Gasteiger partial charge on any atom is -0.465 e. The number of rotatable bonds is 0. The number of amides is 3. The van der Waals surface area contributed by atoms with Crippen molar-refractivity contribution in [2.45, 2.75) is 0 Å². The van der Waals surface area contributed by atoms with Crippen LogP contribution in [0, 0.1) is 0 Å². The smallest absolute Gasteiger partial charge is 0.412 e. The first-order valence-electron chi connectivity index (χ1n) is 3.34. The van der Waals surface area contributed by atoms with E-state index in [0.717, 1.165) is 0 Å². The standard InChI is InChI=1S/C7H8N2O3/c10-6(8-7(11)12)9-4-2-1-3-5-9/h1-4H,5H2,(H,8,10)(H,11,12). The summed E-state index contributed by atoms with van der Waals surface area (Å²) in [6.07, 6.45) is 5.36. The molecule has 0 bridgehead atoms. The van der Waals surface area contributed by atoms with E-state index in [2.05, 4.69) is 0 Å². The van der Waals surface area contributed by atoms with Gasteiger partial charge in [0.15, 0.2) is 0 Å². The predicted molar refractivity (Wildman–Crippen MR) is 41.5 cm³/mol. The summed E-state index contributed by atoms with van der Waals surface area (Å²) in [6.45, 7) is 0.398. The van der Waals surface area contributed by atoms with E-state index in [1.165, 1.54) is 11.1 Å². The highest BCUT2D eigenvalue weighted by Gasteiger charge is 2.12. The lowest BCUT2D eigenvalue weighted by atomic mass is 10.4. The highest BCUT2D eigenvalue weighted by Crippen LogP contribution is 1.97. The van der Waals surface area contributed by atoms with Crippen LogP contribution in [0.4, 0.5) is 9.59 Å². The second-order valence-corrected chi connectivity index (χ2v) is 2.16. The molecule has 64 valence electrons. The van der Waals surface area contributed by atoms with Crippen molar-refractivity contribution in [1.29, 1.82) is 0 Å². The number of imide groups is 1. The molecule has 0 aromatic heterocycles. The Morgan fingerprint density at radius 1 is 1.42 bits per heavy atom. The Morgan fingerprint density at radius 2 is 2.17 bits per heavy atom. The summed E-state index contributed by atoms with van der Waals surface area (Å²) in [4.78, 5) is 22.3. The van der Waals surface area contributed by atoms with Gasteiger partial charge in [0.2, 0.25) is 0 Å². The molecule has 1 heterocycles. The molecule has 0 unspecified atom stereocenters. The highest BCUT2D eigenvalue weighted by atomic mass is 16.4. The minimum atomic E-state index is -1.34. The molecule has 2 N–H and O–H groups in total. The molecule has 5 nitrogen and oxygen atoms in total. The molecule has 12 heavy (non-hydrogen) atoms. The molecule has 0 aromatic rings. The van der Waals surface area contributed by atoms with Crippen molar-refractivity contribution in [3.8, 4) is 0 Å². The summed E-state index contributed by atoms with van der Waals surface area (Å²) in [5.41, 5.74) is 0. The number of allylic oxidation sites excluding steroid dienone is 2. The number of nitrogens with one attached hydrogen (secondary N) is 1. The third kappa shape index (κ3) is 2.12. The average molecular weight is 168 g/mol. The number of nitrogens with zero attached hydrogens (tertiary/aromatic N) is 1. The summed E-state index contributed by atoms with van der Waals surface area (Å²) in [7, 11) is 0. The van der Waals surface area contributed by atoms with E-state index in [1.54, 1.807) is 23.5 Å². The lowest BCUT2D eigenvalue weighted by molar-refractivity contribution is 0.185. The number of carbonyl (C=O) groups is 2. The third-order valence-corrected chi connectivity index (χ3v) is 1.29. The lowest BCUT2D eigenvalue weighted by Crippen LogP contribution is -2.39. The zero-order valence-corrected chi connectivity index (χ0v) is 6.23. The van der Waals surface area contributed by atoms with E-state index in [9.17, 15) is 9.59 Å². The predicted octanol–water partition coefficient (Wildman–Crippen LogP) is 0.760. The Hall–Kier alpha value is -1.78. The summed E-state index contributed by atoms with van der Waals surface area (Å²) in [6, 6.07) is -0.636. The number of carboxylic acid groups (broad SMARTS) is 1. The minimum absolute atomic E-state index is 0.398. The molecule has 0 aliphatic carbocycles. The topological polar surface area (TPSA) is 69.6 Å². The fourth-order valence-corrected chi connectivity index (χ4v) is 0.781. The van der Waals surface area contributed by atoms with Gasteiger partial charge in [-0.3, -0.25) is 4.90 Å². The van der Waals surface area contributed by atoms with Gasteiger partial charge in [-0.15, -0.1) is 0 Å². The second kappa shape index (κ2) is 3.56. The van der Waals surface area contributed by atoms with Gasteiger partial charge in [-0.05, 0) is 6.08 Å². The normalized spacial score (nSPS) is 14.5. The Bertz CT molecular complexity index is 257. The number of carbonyl (C=O) groups excluding carboxylic acids is 1. The van der Waals surface area contributed by atoms with E-state index < -0.39 is 12.1 Å². The van der Waals surface area contributed by atoms with Crippen LogP contribution in [0.25, 0.3) is 0 Å². The van der Waals surface area contributed by atoms with Crippen LogP contribution in [-0.4, -0.2) is 28.7 Å². The van der Waals surface area contributed by atoms with Crippen molar-refractivity contribution in [1.82, 2.24) is 10.2 Å². The summed E-state index contributed by atoms with van der Waals surface area (Å²) in [5, 5.41) is 9.94. The Balaban J connectivity index is 2.48. The van der Waals surface area contributed by atoms with Crippen LogP contribution >= 0.6 is 0 Å². The van der Waals surface area contributed by atoms with E-state index in [-0.39, 0.29) is 0 Å². The SMILES string of the molecule is O=C(O)NC(=O)N1C=CC=CC1. The Kier molecular flexibility index (Phi) is 2.47. The monoisotopic (exact) mass is 168 g/mol. The lowest BCUT2D eigenvalue weighted by Gasteiger charge is -2.16. The van der Waals surface area contributed by atoms with Crippen LogP contribution in [-0.2, 0) is 0 Å². The maximum atomic E-state index is 11.0. The zero-order valence-electron chi connectivity index (χ0n) is 6.23. The van der Waals surface area contributed by atoms with Crippen LogP contribution in [0.1, 0.15) is 0 Å². The molecule has 0 atom stereocenters. The van der Waals surface area contributed by atoms with Crippen LogP contribution in [0.3, 0.4) is 0 Å². The van der Waals surface area contributed by atoms with Crippen LogP contribution in [0.2, 0.25) is 0 Å². The third-order valence-electron chi connectivity index (χ3n) is 1.29. The maximum Gasteiger partial charge on any atom is 0.412 e. The van der Waals surface area contributed by atoms with Crippen LogP contribution in [0.15, 0.2) is 24.4 Å². The first kappa shape index (κ1) is 8.32. The molecular weight excluding hydrogens is 160 g/mol. The number of hydrogen-bond donors (Lipinski definition) is 2. The van der Waals surface area contributed by atoms with Gasteiger partial charge in [-0.1, -0.05) is 12.2 Å². The van der Waals surface area contributed by atoms with Gasteiger partial charge in [0.25, 0.3) is 0 Å². The van der Waals surface area contributed by atoms with Gasteiger partial charge in [-0.25, -0.2) is 14.9 Å². The average Bonchev–Trinajstić information content (AvgIpc) is 2.05. The zero-order chi connectivity index (χ0) is 8.97. The van der Waals surface area contributed by atoms with Crippen molar-refractivity contribution in [2.24, 2.45) is 0 Å². The van der Waals surface area contributed by atoms with E-state index in [1.807, 2.05) is 0 Å². The van der Waals surface area contributed by atoms with E-state index >= 15 is 0 Å². The molecule has 0 radical (unpaired) electrons. The molecular formula is C7H8N2O3. The quantitative estimate of drug-likeness (QED) is 0.561. The molecule has 0 spiro atoms. The molecule has 0 saturated heterocycles. The van der Waals surface area contributed by atoms with Gasteiger partial charge in [0.1, 0.15) is 0 Å². The highest BCUT2D eigenvalue weighted by molar-refractivity contribution is 5.90. The van der Waals surface area contributed by atoms with Crippen molar-refractivity contribution < 1.29 is 14.7 Å². The molecule has 0 aromatic carbocycles. The van der Waals surface area contributed by atoms with Gasteiger partial charge in [-0.2, -0.15) is 0 Å². The van der Waals surface area contributed by atoms with Gasteiger partial charge >= 0.3 is 12.1 Å². The fraction of sp³-hybridized carbons (Fsp3) is 0.143. The van der Waals surface area contributed by atoms with E-state index in [0.29, 0.717) is 6.54 Å². The second-order valence-electron chi connectivity index (χ2n) is 2.16. The summed E-state index contributed by atoms with van der Waals surface area (Å²) in [5.74, 6) is 0. The van der Waals surface area contributed by atoms with E-state index in [4.69, 9.17) is 5.11 Å². The number of hydrogen-bond acceptors (Lipinski definition) is 2. The summed E-state index contributed by atoms with van der Waals surface area (Å²) < 4.78 is 0. The summed E-state index contributed by atoms with van der Waals surface area (Å²) >= 11 is 0. The van der Waals surface area contributed by atoms with Crippen molar-refractivity contribution in [3.63, 3.8) is 0 Å². The van der Waals surface area contributed by atoms with Crippen molar-refractivity contribution in [3.05, 3.63) is 24.4 Å². The number of urea groups is 1. The molecule has 1 aliphatic rings. The van der Waals surface area contributed by atoms with Crippen molar-refractivity contribution in [2.75, 3.05) is 6.54 Å². The van der Waals surface area contributed by atoms with Crippen LogP contribution in [0.5, 0.6) is 0 Å². The van der Waals surface area contributed by atoms with Gasteiger partial charge in [0, 0.05) is 12.7 Å². The molecule has 5 heteroatoms. The Morgan fingerprint density at radius 3 is 2.67 bits per heavy atom. The largest absolute Gasteiger partial charge is 0.465 e. The van der Waals surface area contributed by atoms with Gasteiger partial charge < -0.3 is 5.11 Å². The Labute approximate surface area is 69.0 Å². The molecule has 3 amide bonds. The maximum absolute atomic E-state index is 11.0. The molecule has 0 saturated carbocycles. The fourth-order valence-electron chi connectivity index (χ4n) is 0.781. The first-order chi connectivity index (χ1) is 5.70. The van der Waals surface area contributed by atoms with Gasteiger partial charge in [0.05, 0.1) is 0 Å². The first-order valence-corrected chi connectivity index (χ1v) is 3.34. The molecule has 1 rings (SSSR count). The van der Waals surface area contributed by atoms with Crippen molar-refractivity contribution >= 4 is 12.1 Å². The molecule has 0 fully saturated rings. The van der Waals surface area contributed by atoms with Crippen LogP contribution < -0.4 is 5.32 Å².